The number of rotatable bonds is 8. The molecule has 9 nitrogen and oxygen atoms in total. The van der Waals surface area contributed by atoms with E-state index in [-0.39, 0.29) is 22.2 Å². The maximum absolute atomic E-state index is 12.3. The largest absolute Gasteiger partial charge is 0.475 e. The molecule has 0 aliphatic rings. The molecule has 26 heavy (non-hydrogen) atoms. The topological polar surface area (TPSA) is 156 Å². The van der Waals surface area contributed by atoms with Gasteiger partial charge in [0.05, 0.1) is 18.4 Å². The fraction of sp³-hybridized carbons (Fsp3) is 0.118. The molecule has 0 aliphatic heterocycles. The highest BCUT2D eigenvalue weighted by molar-refractivity contribution is 6.38. The third-order valence-electron chi connectivity index (χ3n) is 3.42. The molecule has 0 aliphatic carbocycles. The van der Waals surface area contributed by atoms with Crippen molar-refractivity contribution >= 4 is 46.0 Å². The number of hydrogen-bond donors (Lipinski definition) is 2. The summed E-state index contributed by atoms with van der Waals surface area (Å²) in [7, 11) is 0. The van der Waals surface area contributed by atoms with Gasteiger partial charge in [0.15, 0.2) is 11.6 Å². The Morgan fingerprint density at radius 2 is 1.35 bits per heavy atom. The molecule has 0 unspecified atom stereocenters. The van der Waals surface area contributed by atoms with Crippen molar-refractivity contribution in [2.45, 2.75) is 12.8 Å². The van der Waals surface area contributed by atoms with Crippen LogP contribution in [-0.2, 0) is 19.2 Å². The van der Waals surface area contributed by atoms with E-state index in [4.69, 9.17) is 10.2 Å². The Morgan fingerprint density at radius 1 is 0.808 bits per heavy atom. The summed E-state index contributed by atoms with van der Waals surface area (Å²) < 4.78 is 0. The fourth-order valence-electron chi connectivity index (χ4n) is 2.18. The Bertz CT molecular complexity index is 976. The third kappa shape index (κ3) is 4.01. The van der Waals surface area contributed by atoms with E-state index in [9.17, 15) is 28.8 Å². The number of carboxylic acids is 2. The highest BCUT2D eigenvalue weighted by Crippen LogP contribution is 2.21. The second kappa shape index (κ2) is 7.43. The maximum atomic E-state index is 12.3. The molecule has 0 saturated heterocycles. The number of carbonyl (C=O) groups is 6. The number of para-hydroxylation sites is 1. The smallest absolute Gasteiger partial charge is 0.372 e. The van der Waals surface area contributed by atoms with E-state index in [0.717, 1.165) is 6.07 Å². The van der Waals surface area contributed by atoms with Crippen LogP contribution in [0.5, 0.6) is 0 Å². The van der Waals surface area contributed by atoms with Gasteiger partial charge in [-0.2, -0.15) is 0 Å². The van der Waals surface area contributed by atoms with E-state index in [1.54, 1.807) is 12.1 Å². The lowest BCUT2D eigenvalue weighted by atomic mass is 9.99. The van der Waals surface area contributed by atoms with Gasteiger partial charge >= 0.3 is 11.9 Å². The van der Waals surface area contributed by atoms with Crippen LogP contribution in [0, 0.1) is 0 Å². The number of nitrogens with zero attached hydrogens (tertiary/aromatic N) is 1. The van der Waals surface area contributed by atoms with Gasteiger partial charge in [-0.15, -0.1) is 0 Å². The molecule has 0 saturated carbocycles. The second-order valence-electron chi connectivity index (χ2n) is 5.23. The van der Waals surface area contributed by atoms with E-state index in [1.165, 1.54) is 12.1 Å². The zero-order chi connectivity index (χ0) is 19.4. The van der Waals surface area contributed by atoms with Crippen LogP contribution >= 0.6 is 0 Å². The molecule has 1 heterocycles. The van der Waals surface area contributed by atoms with Crippen molar-refractivity contribution in [2.75, 3.05) is 0 Å². The predicted molar refractivity (Wildman–Crippen MR) is 84.9 cm³/mol. The zero-order valence-corrected chi connectivity index (χ0v) is 13.1. The first-order valence-electron chi connectivity index (χ1n) is 7.19. The summed E-state index contributed by atoms with van der Waals surface area (Å²) in [5.41, 5.74) is -0.243. The van der Waals surface area contributed by atoms with Crippen LogP contribution < -0.4 is 0 Å². The molecule has 0 radical (unpaired) electrons. The summed E-state index contributed by atoms with van der Waals surface area (Å²) in [6, 6.07) is 7.15. The monoisotopic (exact) mass is 357 g/mol. The Morgan fingerprint density at radius 3 is 1.92 bits per heavy atom. The molecule has 2 rings (SSSR count). The Kier molecular flexibility index (Phi) is 5.31. The van der Waals surface area contributed by atoms with Crippen molar-refractivity contribution < 1.29 is 39.0 Å². The lowest BCUT2D eigenvalue weighted by molar-refractivity contribution is -0.148. The minimum Gasteiger partial charge on any atom is -0.475 e. The number of carboxylic acid groups (broad SMARTS) is 2. The van der Waals surface area contributed by atoms with Crippen LogP contribution in [0.15, 0.2) is 30.3 Å². The number of aliphatic carboxylic acids is 2. The first-order chi connectivity index (χ1) is 12.2. The second-order valence-corrected chi connectivity index (χ2v) is 5.23. The van der Waals surface area contributed by atoms with Crippen LogP contribution in [0.3, 0.4) is 0 Å². The molecule has 132 valence electrons. The molecule has 1 aromatic carbocycles. The van der Waals surface area contributed by atoms with Gasteiger partial charge in [0, 0.05) is 10.9 Å². The summed E-state index contributed by atoms with van der Waals surface area (Å²) in [4.78, 5) is 72.1. The van der Waals surface area contributed by atoms with Gasteiger partial charge in [0.25, 0.3) is 0 Å². The first-order valence-corrected chi connectivity index (χ1v) is 7.19. The summed E-state index contributed by atoms with van der Waals surface area (Å²) in [5, 5.41) is 17.5. The SMILES string of the molecule is O=C(O)C(=O)CC(=O)c1cc(C(=O)CC(=O)C(=O)O)c2ccccc2n1. The van der Waals surface area contributed by atoms with E-state index in [1.807, 2.05) is 0 Å². The molecular formula is C17H11NO8. The summed E-state index contributed by atoms with van der Waals surface area (Å²) >= 11 is 0. The fourth-order valence-corrected chi connectivity index (χ4v) is 2.18. The molecule has 0 fully saturated rings. The van der Waals surface area contributed by atoms with Gasteiger partial charge in [-0.25, -0.2) is 14.6 Å². The zero-order valence-electron chi connectivity index (χ0n) is 13.1. The van der Waals surface area contributed by atoms with Crippen LogP contribution in [0.1, 0.15) is 33.7 Å². The molecule has 1 aromatic heterocycles. The van der Waals surface area contributed by atoms with Gasteiger partial charge in [0.2, 0.25) is 11.6 Å². The maximum Gasteiger partial charge on any atom is 0.372 e. The van der Waals surface area contributed by atoms with E-state index < -0.39 is 47.9 Å². The van der Waals surface area contributed by atoms with Gasteiger partial charge in [-0.05, 0) is 12.1 Å². The quantitative estimate of drug-likeness (QED) is 0.394. The number of pyridine rings is 1. The van der Waals surface area contributed by atoms with Crippen molar-refractivity contribution in [1.82, 2.24) is 4.98 Å². The predicted octanol–water partition coefficient (Wildman–Crippen LogP) is 0.688. The molecular weight excluding hydrogens is 346 g/mol. The molecule has 0 spiro atoms. The highest BCUT2D eigenvalue weighted by atomic mass is 16.4. The van der Waals surface area contributed by atoms with Gasteiger partial charge in [-0.3, -0.25) is 19.2 Å². The Balaban J connectivity index is 2.48. The number of ketones is 4. The summed E-state index contributed by atoms with van der Waals surface area (Å²) in [6.45, 7) is 0. The molecule has 0 bridgehead atoms. The van der Waals surface area contributed by atoms with Crippen molar-refractivity contribution in [1.29, 1.82) is 0 Å². The minimum atomic E-state index is -1.78. The number of benzene rings is 1. The Labute approximate surface area is 145 Å². The van der Waals surface area contributed by atoms with Crippen LogP contribution in [0.2, 0.25) is 0 Å². The normalized spacial score (nSPS) is 10.3. The highest BCUT2D eigenvalue weighted by Gasteiger charge is 2.23. The molecule has 2 aromatic rings. The Hall–Kier alpha value is -3.75. The number of hydrogen-bond acceptors (Lipinski definition) is 7. The average Bonchev–Trinajstić information content (AvgIpc) is 2.60. The van der Waals surface area contributed by atoms with E-state index >= 15 is 0 Å². The lowest BCUT2D eigenvalue weighted by Gasteiger charge is -2.07. The van der Waals surface area contributed by atoms with Crippen LogP contribution in [0.4, 0.5) is 0 Å². The average molecular weight is 357 g/mol. The molecule has 2 N–H and O–H groups in total. The number of fused-ring (bicyclic) bond motifs is 1. The number of carbonyl (C=O) groups excluding carboxylic acids is 4. The van der Waals surface area contributed by atoms with Gasteiger partial charge in [0.1, 0.15) is 5.69 Å². The summed E-state index contributed by atoms with van der Waals surface area (Å²) in [6.07, 6.45) is -1.85. The van der Waals surface area contributed by atoms with Crippen molar-refractivity contribution in [3.8, 4) is 0 Å². The third-order valence-corrected chi connectivity index (χ3v) is 3.42. The molecule has 0 amide bonds. The standard InChI is InChI=1S/C17H11NO8/c19-12(6-14(21)16(23)24)9-5-11(13(20)7-15(22)17(25)26)18-10-4-2-1-3-8(9)10/h1-5H,6-7H2,(H,23,24)(H,25,26). The van der Waals surface area contributed by atoms with Gasteiger partial charge < -0.3 is 10.2 Å². The van der Waals surface area contributed by atoms with Crippen LogP contribution in [-0.4, -0.2) is 50.3 Å². The van der Waals surface area contributed by atoms with Crippen molar-refractivity contribution in [3.63, 3.8) is 0 Å². The molecule has 9 heteroatoms. The minimum absolute atomic E-state index is 0.115. The first kappa shape index (κ1) is 18.6. The van der Waals surface area contributed by atoms with Gasteiger partial charge in [-0.1, -0.05) is 18.2 Å². The van der Waals surface area contributed by atoms with Crippen LogP contribution in [0.25, 0.3) is 10.9 Å². The van der Waals surface area contributed by atoms with E-state index in [2.05, 4.69) is 4.98 Å². The number of aromatic nitrogens is 1. The number of Topliss-reactive ketones (excluding diaryl/α,β-unsaturated/α-hetero) is 4. The molecule has 0 atom stereocenters. The van der Waals surface area contributed by atoms with E-state index in [0.29, 0.717) is 0 Å². The van der Waals surface area contributed by atoms with Crippen molar-refractivity contribution in [3.05, 3.63) is 41.6 Å². The summed E-state index contributed by atoms with van der Waals surface area (Å²) in [5.74, 6) is -7.94. The lowest BCUT2D eigenvalue weighted by Crippen LogP contribution is -2.19. The van der Waals surface area contributed by atoms with Crippen molar-refractivity contribution in [2.24, 2.45) is 0 Å².